The molecule has 0 aliphatic heterocycles. The van der Waals surface area contributed by atoms with Crippen LogP contribution < -0.4 is 5.32 Å². The minimum Gasteiger partial charge on any atom is -0.481 e. The van der Waals surface area contributed by atoms with Gasteiger partial charge >= 0.3 is 12.1 Å². The van der Waals surface area contributed by atoms with Crippen molar-refractivity contribution in [2.75, 3.05) is 13.7 Å². The molecule has 0 aliphatic carbocycles. The van der Waals surface area contributed by atoms with Crippen LogP contribution in [0.25, 0.3) is 0 Å². The molecule has 0 rings (SSSR count). The molecule has 0 fully saturated rings. The molecule has 0 spiro atoms. The van der Waals surface area contributed by atoms with Gasteiger partial charge in [-0.1, -0.05) is 0 Å². The smallest absolute Gasteiger partial charge is 0.407 e. The fourth-order valence-corrected chi connectivity index (χ4v) is 0.810. The number of aliphatic carboxylic acids is 1. The fraction of sp³-hybridized carbons (Fsp3) is 0.714. The summed E-state index contributed by atoms with van der Waals surface area (Å²) in [6.07, 6.45) is -0.666. The van der Waals surface area contributed by atoms with Gasteiger partial charge in [-0.3, -0.25) is 10.1 Å². The van der Waals surface area contributed by atoms with E-state index in [1.807, 2.05) is 0 Å². The van der Waals surface area contributed by atoms with E-state index in [0.29, 0.717) is 0 Å². The molecule has 7 heteroatoms. The summed E-state index contributed by atoms with van der Waals surface area (Å²) < 4.78 is 4.30. The Hall–Kier alpha value is -1.34. The van der Waals surface area contributed by atoms with E-state index in [0.717, 1.165) is 0 Å². The minimum absolute atomic E-state index is 0.127. The Morgan fingerprint density at radius 2 is 2.14 bits per heavy atom. The van der Waals surface area contributed by atoms with Crippen molar-refractivity contribution < 1.29 is 29.6 Å². The van der Waals surface area contributed by atoms with E-state index in [1.165, 1.54) is 7.11 Å². The first-order chi connectivity index (χ1) is 6.60. The number of nitrogens with one attached hydrogen (secondary N) is 1. The van der Waals surface area contributed by atoms with Gasteiger partial charge in [-0.15, -0.1) is 0 Å². The summed E-state index contributed by atoms with van der Waals surface area (Å²) in [7, 11) is 1.18. The molecule has 0 saturated carbocycles. The highest BCUT2D eigenvalue weighted by molar-refractivity contribution is 5.68. The zero-order valence-electron chi connectivity index (χ0n) is 7.73. The van der Waals surface area contributed by atoms with Crippen LogP contribution in [-0.4, -0.2) is 42.2 Å². The predicted octanol–water partition coefficient (Wildman–Crippen LogP) is 0.0654. The zero-order valence-corrected chi connectivity index (χ0v) is 7.73. The van der Waals surface area contributed by atoms with Crippen LogP contribution in [-0.2, 0) is 14.4 Å². The number of carboxylic acid groups (broad SMARTS) is 1. The largest absolute Gasteiger partial charge is 0.481 e. The third-order valence-electron chi connectivity index (χ3n) is 1.49. The zero-order chi connectivity index (χ0) is 11.0. The number of carbonyl (C=O) groups is 2. The highest BCUT2D eigenvalue weighted by atomic mass is 17.1. The van der Waals surface area contributed by atoms with Crippen molar-refractivity contribution in [3.63, 3.8) is 0 Å². The first-order valence-corrected chi connectivity index (χ1v) is 3.92. The second-order valence-electron chi connectivity index (χ2n) is 2.56. The SMILES string of the molecule is COC(=O)NC(CCC(=O)O)COO. The van der Waals surface area contributed by atoms with Gasteiger partial charge < -0.3 is 15.2 Å². The maximum absolute atomic E-state index is 10.7. The molecule has 1 atom stereocenters. The van der Waals surface area contributed by atoms with Crippen molar-refractivity contribution in [2.45, 2.75) is 18.9 Å². The quantitative estimate of drug-likeness (QED) is 0.420. The highest BCUT2D eigenvalue weighted by Gasteiger charge is 2.14. The standard InChI is InChI=1S/C7H13NO6/c1-13-7(11)8-5(4-14-12)2-3-6(9)10/h5,12H,2-4H2,1H3,(H,8,11)(H,9,10). The lowest BCUT2D eigenvalue weighted by Gasteiger charge is -2.14. The van der Waals surface area contributed by atoms with E-state index in [-0.39, 0.29) is 19.4 Å². The number of carbonyl (C=O) groups excluding carboxylic acids is 1. The molecule has 7 nitrogen and oxygen atoms in total. The molecule has 1 amide bonds. The van der Waals surface area contributed by atoms with Crippen molar-refractivity contribution in [3.05, 3.63) is 0 Å². The number of ether oxygens (including phenoxy) is 1. The van der Waals surface area contributed by atoms with Gasteiger partial charge in [-0.2, -0.15) is 0 Å². The van der Waals surface area contributed by atoms with Crippen LogP contribution in [0.3, 0.4) is 0 Å². The summed E-state index contributed by atoms with van der Waals surface area (Å²) in [6.45, 7) is -0.178. The molecule has 0 bridgehead atoms. The second-order valence-corrected chi connectivity index (χ2v) is 2.56. The lowest BCUT2D eigenvalue weighted by Crippen LogP contribution is -2.38. The number of amides is 1. The Kier molecular flexibility index (Phi) is 6.42. The van der Waals surface area contributed by atoms with Gasteiger partial charge in [0.25, 0.3) is 0 Å². The summed E-state index contributed by atoms with van der Waals surface area (Å²) in [4.78, 5) is 24.8. The van der Waals surface area contributed by atoms with Crippen LogP contribution in [0.1, 0.15) is 12.8 Å². The molecule has 1 unspecified atom stereocenters. The number of hydrogen-bond donors (Lipinski definition) is 3. The van der Waals surface area contributed by atoms with Crippen molar-refractivity contribution in [2.24, 2.45) is 0 Å². The molecule has 14 heavy (non-hydrogen) atoms. The first-order valence-electron chi connectivity index (χ1n) is 3.92. The van der Waals surface area contributed by atoms with Crippen molar-refractivity contribution in [1.29, 1.82) is 0 Å². The summed E-state index contributed by atoms with van der Waals surface area (Å²) in [5, 5.41) is 18.8. The Labute approximate surface area is 80.5 Å². The van der Waals surface area contributed by atoms with E-state index in [9.17, 15) is 9.59 Å². The summed E-state index contributed by atoms with van der Waals surface area (Å²) in [6, 6.07) is -0.580. The molecule has 0 radical (unpaired) electrons. The molecule has 0 heterocycles. The van der Waals surface area contributed by atoms with E-state index in [2.05, 4.69) is 14.9 Å². The minimum atomic E-state index is -0.986. The van der Waals surface area contributed by atoms with Crippen molar-refractivity contribution in [1.82, 2.24) is 5.32 Å². The van der Waals surface area contributed by atoms with E-state index in [4.69, 9.17) is 10.4 Å². The monoisotopic (exact) mass is 207 g/mol. The fourth-order valence-electron chi connectivity index (χ4n) is 0.810. The van der Waals surface area contributed by atoms with Crippen LogP contribution in [0.15, 0.2) is 0 Å². The second kappa shape index (κ2) is 7.10. The van der Waals surface area contributed by atoms with Gasteiger partial charge in [0.1, 0.15) is 6.61 Å². The third-order valence-corrected chi connectivity index (χ3v) is 1.49. The van der Waals surface area contributed by atoms with Crippen LogP contribution in [0, 0.1) is 0 Å². The summed E-state index contributed by atoms with van der Waals surface area (Å²) in [5.41, 5.74) is 0. The van der Waals surface area contributed by atoms with Gasteiger partial charge in [-0.05, 0) is 6.42 Å². The molecule has 0 aromatic carbocycles. The topological polar surface area (TPSA) is 105 Å². The Balaban J connectivity index is 3.88. The molecule has 0 saturated heterocycles. The predicted molar refractivity (Wildman–Crippen MR) is 44.8 cm³/mol. The maximum atomic E-state index is 10.7. The van der Waals surface area contributed by atoms with Gasteiger partial charge in [0.15, 0.2) is 0 Å². The molecule has 0 aromatic rings. The number of rotatable bonds is 6. The first kappa shape index (κ1) is 12.7. The van der Waals surface area contributed by atoms with E-state index in [1.54, 1.807) is 0 Å². The average molecular weight is 207 g/mol. The van der Waals surface area contributed by atoms with Gasteiger partial charge in [0, 0.05) is 6.42 Å². The number of methoxy groups -OCH3 is 1. The Bertz CT molecular complexity index is 195. The highest BCUT2D eigenvalue weighted by Crippen LogP contribution is 1.98. The number of carboxylic acids is 1. The van der Waals surface area contributed by atoms with E-state index >= 15 is 0 Å². The van der Waals surface area contributed by atoms with Crippen LogP contribution in [0.5, 0.6) is 0 Å². The molecule has 0 aliphatic rings. The molecular formula is C7H13NO6. The number of hydrogen-bond acceptors (Lipinski definition) is 5. The van der Waals surface area contributed by atoms with Crippen molar-refractivity contribution >= 4 is 12.1 Å². The van der Waals surface area contributed by atoms with Crippen LogP contribution in [0.4, 0.5) is 4.79 Å². The van der Waals surface area contributed by atoms with Crippen LogP contribution >= 0.6 is 0 Å². The third kappa shape index (κ3) is 6.21. The maximum Gasteiger partial charge on any atom is 0.407 e. The average Bonchev–Trinajstić information content (AvgIpc) is 2.14. The van der Waals surface area contributed by atoms with Gasteiger partial charge in [0.2, 0.25) is 0 Å². The molecule has 82 valence electrons. The molecule has 3 N–H and O–H groups in total. The molecule has 0 aromatic heterocycles. The lowest BCUT2D eigenvalue weighted by molar-refractivity contribution is -0.246. The summed E-state index contributed by atoms with van der Waals surface area (Å²) >= 11 is 0. The lowest BCUT2D eigenvalue weighted by atomic mass is 10.2. The Morgan fingerprint density at radius 3 is 2.57 bits per heavy atom. The van der Waals surface area contributed by atoms with E-state index < -0.39 is 18.1 Å². The number of alkyl carbamates (subject to hydrolysis) is 1. The summed E-state index contributed by atoms with van der Waals surface area (Å²) in [5.74, 6) is -0.986. The molecular weight excluding hydrogens is 194 g/mol. The van der Waals surface area contributed by atoms with Gasteiger partial charge in [-0.25, -0.2) is 9.68 Å². The Morgan fingerprint density at radius 1 is 1.50 bits per heavy atom. The van der Waals surface area contributed by atoms with Crippen molar-refractivity contribution in [3.8, 4) is 0 Å². The normalized spacial score (nSPS) is 11.9. The van der Waals surface area contributed by atoms with Gasteiger partial charge in [0.05, 0.1) is 13.2 Å². The van der Waals surface area contributed by atoms with Crippen LogP contribution in [0.2, 0.25) is 0 Å².